The van der Waals surface area contributed by atoms with Crippen LogP contribution >= 0.6 is 0 Å². The van der Waals surface area contributed by atoms with Crippen LogP contribution in [0.2, 0.25) is 0 Å². The molecule has 0 fully saturated rings. The lowest BCUT2D eigenvalue weighted by Gasteiger charge is -2.09. The average Bonchev–Trinajstić information content (AvgIpc) is 2.25. The number of aryl methyl sites for hydroxylation is 1. The standard InChI is InChI=1S/C13H19NO/c1-11(2)5-7-13(15)8-6-12-4-3-9-14-10-12/h3-4,9-10,13,15H,1,5-8H2,2H3. The molecule has 2 nitrogen and oxygen atoms in total. The fourth-order valence-corrected chi connectivity index (χ4v) is 1.44. The van der Waals surface area contributed by atoms with E-state index in [0.717, 1.165) is 31.3 Å². The Morgan fingerprint density at radius 2 is 2.33 bits per heavy atom. The van der Waals surface area contributed by atoms with Gasteiger partial charge in [0.05, 0.1) is 6.10 Å². The third kappa shape index (κ3) is 5.33. The molecule has 0 bridgehead atoms. The van der Waals surface area contributed by atoms with Gasteiger partial charge in [0.2, 0.25) is 0 Å². The number of nitrogens with zero attached hydrogens (tertiary/aromatic N) is 1. The van der Waals surface area contributed by atoms with E-state index in [2.05, 4.69) is 11.6 Å². The number of pyridine rings is 1. The first-order valence-electron chi connectivity index (χ1n) is 5.40. The van der Waals surface area contributed by atoms with Crippen LogP contribution < -0.4 is 0 Å². The number of aliphatic hydroxyl groups excluding tert-OH is 1. The lowest BCUT2D eigenvalue weighted by atomic mass is 10.0. The van der Waals surface area contributed by atoms with Gasteiger partial charge in [0.15, 0.2) is 0 Å². The van der Waals surface area contributed by atoms with Crippen molar-refractivity contribution in [3.05, 3.63) is 42.2 Å². The molecule has 82 valence electrons. The highest BCUT2D eigenvalue weighted by atomic mass is 16.3. The highest BCUT2D eigenvalue weighted by Gasteiger charge is 2.04. The van der Waals surface area contributed by atoms with Gasteiger partial charge in [-0.3, -0.25) is 4.98 Å². The Morgan fingerprint density at radius 1 is 1.53 bits per heavy atom. The van der Waals surface area contributed by atoms with Gasteiger partial charge >= 0.3 is 0 Å². The van der Waals surface area contributed by atoms with Crippen molar-refractivity contribution in [1.29, 1.82) is 0 Å². The third-order valence-corrected chi connectivity index (χ3v) is 2.39. The van der Waals surface area contributed by atoms with Crippen LogP contribution in [0, 0.1) is 0 Å². The average molecular weight is 205 g/mol. The molecule has 1 N–H and O–H groups in total. The minimum atomic E-state index is -0.220. The molecule has 1 unspecified atom stereocenters. The van der Waals surface area contributed by atoms with Gasteiger partial charge in [-0.1, -0.05) is 11.6 Å². The van der Waals surface area contributed by atoms with E-state index >= 15 is 0 Å². The maximum Gasteiger partial charge on any atom is 0.0546 e. The second-order valence-electron chi connectivity index (χ2n) is 4.05. The van der Waals surface area contributed by atoms with E-state index in [4.69, 9.17) is 0 Å². The van der Waals surface area contributed by atoms with E-state index in [9.17, 15) is 5.11 Å². The second-order valence-corrected chi connectivity index (χ2v) is 4.05. The van der Waals surface area contributed by atoms with E-state index in [1.807, 2.05) is 25.3 Å². The molecule has 0 radical (unpaired) electrons. The molecule has 0 saturated heterocycles. The first-order valence-corrected chi connectivity index (χ1v) is 5.40. The van der Waals surface area contributed by atoms with Gasteiger partial charge in [-0.15, -0.1) is 6.58 Å². The van der Waals surface area contributed by atoms with Crippen LogP contribution in [0.1, 0.15) is 31.7 Å². The van der Waals surface area contributed by atoms with Crippen LogP contribution in [-0.4, -0.2) is 16.2 Å². The van der Waals surface area contributed by atoms with Crippen molar-refractivity contribution < 1.29 is 5.11 Å². The molecule has 1 atom stereocenters. The van der Waals surface area contributed by atoms with Crippen molar-refractivity contribution in [3.8, 4) is 0 Å². The lowest BCUT2D eigenvalue weighted by Crippen LogP contribution is -2.07. The Hall–Kier alpha value is -1.15. The molecule has 0 aliphatic heterocycles. The maximum absolute atomic E-state index is 9.70. The minimum Gasteiger partial charge on any atom is -0.393 e. The smallest absolute Gasteiger partial charge is 0.0546 e. The summed E-state index contributed by atoms with van der Waals surface area (Å²) in [4.78, 5) is 4.04. The monoisotopic (exact) mass is 205 g/mol. The zero-order valence-corrected chi connectivity index (χ0v) is 9.32. The molecular weight excluding hydrogens is 186 g/mol. The number of aromatic nitrogens is 1. The molecule has 0 aliphatic carbocycles. The molecule has 1 aromatic rings. The number of aliphatic hydroxyl groups is 1. The van der Waals surface area contributed by atoms with Crippen molar-refractivity contribution in [2.24, 2.45) is 0 Å². The Morgan fingerprint density at radius 3 is 2.93 bits per heavy atom. The fourth-order valence-electron chi connectivity index (χ4n) is 1.44. The summed E-state index contributed by atoms with van der Waals surface area (Å²) in [7, 11) is 0. The van der Waals surface area contributed by atoms with Crippen LogP contribution in [0.5, 0.6) is 0 Å². The van der Waals surface area contributed by atoms with Gasteiger partial charge < -0.3 is 5.11 Å². The van der Waals surface area contributed by atoms with Crippen molar-refractivity contribution >= 4 is 0 Å². The SMILES string of the molecule is C=C(C)CCC(O)CCc1cccnc1. The molecule has 0 aromatic carbocycles. The molecule has 0 amide bonds. The van der Waals surface area contributed by atoms with Crippen molar-refractivity contribution in [2.45, 2.75) is 38.7 Å². The third-order valence-electron chi connectivity index (χ3n) is 2.39. The molecule has 1 aromatic heterocycles. The fraction of sp³-hybridized carbons (Fsp3) is 0.462. The lowest BCUT2D eigenvalue weighted by molar-refractivity contribution is 0.155. The predicted octanol–water partition coefficient (Wildman–Crippen LogP) is 2.73. The minimum absolute atomic E-state index is 0.220. The largest absolute Gasteiger partial charge is 0.393 e. The highest BCUT2D eigenvalue weighted by molar-refractivity contribution is 5.08. The van der Waals surface area contributed by atoms with Crippen LogP contribution in [0.25, 0.3) is 0 Å². The van der Waals surface area contributed by atoms with Crippen LogP contribution in [0.3, 0.4) is 0 Å². The van der Waals surface area contributed by atoms with Crippen LogP contribution in [-0.2, 0) is 6.42 Å². The molecular formula is C13H19NO. The van der Waals surface area contributed by atoms with Gasteiger partial charge in [-0.05, 0) is 44.2 Å². The van der Waals surface area contributed by atoms with Gasteiger partial charge in [0.1, 0.15) is 0 Å². The summed E-state index contributed by atoms with van der Waals surface area (Å²) in [5.74, 6) is 0. The first-order chi connectivity index (χ1) is 7.18. The van der Waals surface area contributed by atoms with Crippen molar-refractivity contribution in [1.82, 2.24) is 4.98 Å². The van der Waals surface area contributed by atoms with Crippen molar-refractivity contribution in [2.75, 3.05) is 0 Å². The summed E-state index contributed by atoms with van der Waals surface area (Å²) in [6, 6.07) is 3.97. The summed E-state index contributed by atoms with van der Waals surface area (Å²) < 4.78 is 0. The number of allylic oxidation sites excluding steroid dienone is 1. The Balaban J connectivity index is 2.22. The normalized spacial score (nSPS) is 12.4. The second kappa shape index (κ2) is 6.36. The molecule has 1 heterocycles. The maximum atomic E-state index is 9.70. The predicted molar refractivity (Wildman–Crippen MR) is 62.6 cm³/mol. The van der Waals surface area contributed by atoms with E-state index < -0.39 is 0 Å². The molecule has 0 saturated carbocycles. The summed E-state index contributed by atoms with van der Waals surface area (Å²) in [6.07, 6.45) is 6.82. The van der Waals surface area contributed by atoms with Gasteiger partial charge in [0, 0.05) is 12.4 Å². The topological polar surface area (TPSA) is 33.1 Å². The van der Waals surface area contributed by atoms with E-state index in [1.165, 1.54) is 5.56 Å². The van der Waals surface area contributed by atoms with Crippen molar-refractivity contribution in [3.63, 3.8) is 0 Å². The number of hydrogen-bond acceptors (Lipinski definition) is 2. The van der Waals surface area contributed by atoms with Gasteiger partial charge in [0.25, 0.3) is 0 Å². The molecule has 0 aliphatic rings. The molecule has 0 spiro atoms. The Bertz CT molecular complexity index is 295. The van der Waals surface area contributed by atoms with Gasteiger partial charge in [-0.25, -0.2) is 0 Å². The Kier molecular flexibility index (Phi) is 5.05. The number of rotatable bonds is 6. The first kappa shape index (κ1) is 11.9. The zero-order chi connectivity index (χ0) is 11.1. The highest BCUT2D eigenvalue weighted by Crippen LogP contribution is 2.10. The molecule has 2 heteroatoms. The molecule has 1 rings (SSSR count). The Labute approximate surface area is 91.7 Å². The van der Waals surface area contributed by atoms with E-state index in [1.54, 1.807) is 6.20 Å². The van der Waals surface area contributed by atoms with Gasteiger partial charge in [-0.2, -0.15) is 0 Å². The summed E-state index contributed by atoms with van der Waals surface area (Å²) in [5, 5.41) is 9.70. The summed E-state index contributed by atoms with van der Waals surface area (Å²) in [5.41, 5.74) is 2.32. The summed E-state index contributed by atoms with van der Waals surface area (Å²) in [6.45, 7) is 5.82. The van der Waals surface area contributed by atoms with Crippen LogP contribution in [0.4, 0.5) is 0 Å². The molecule has 15 heavy (non-hydrogen) atoms. The number of hydrogen-bond donors (Lipinski definition) is 1. The van der Waals surface area contributed by atoms with E-state index in [-0.39, 0.29) is 6.10 Å². The summed E-state index contributed by atoms with van der Waals surface area (Å²) >= 11 is 0. The quantitative estimate of drug-likeness (QED) is 0.724. The van der Waals surface area contributed by atoms with Crippen LogP contribution in [0.15, 0.2) is 36.7 Å². The zero-order valence-electron chi connectivity index (χ0n) is 9.32. The van der Waals surface area contributed by atoms with E-state index in [0.29, 0.717) is 0 Å².